The molecule has 1 saturated heterocycles. The normalized spacial score (nSPS) is 18.5. The highest BCUT2D eigenvalue weighted by atomic mass is 127. The Kier molecular flexibility index (Phi) is 14.2. The van der Waals surface area contributed by atoms with E-state index in [9.17, 15) is 0 Å². The maximum Gasteiger partial charge on any atom is 0.188 e. The smallest absolute Gasteiger partial charge is 0.188 e. The number of halogens is 1. The van der Waals surface area contributed by atoms with Crippen LogP contribution in [0.3, 0.4) is 0 Å². The predicted octanol–water partition coefficient (Wildman–Crippen LogP) is 1.21. The lowest BCUT2D eigenvalue weighted by Crippen LogP contribution is -2.47. The van der Waals surface area contributed by atoms with Crippen LogP contribution in [-0.4, -0.2) is 81.3 Å². The van der Waals surface area contributed by atoms with Gasteiger partial charge in [0.15, 0.2) is 5.96 Å². The van der Waals surface area contributed by atoms with Gasteiger partial charge in [0.05, 0.1) is 0 Å². The van der Waals surface area contributed by atoms with Crippen LogP contribution in [-0.2, 0) is 4.74 Å². The van der Waals surface area contributed by atoms with Crippen molar-refractivity contribution in [2.75, 3.05) is 65.6 Å². The van der Waals surface area contributed by atoms with E-state index in [1.54, 1.807) is 0 Å². The number of rotatable bonds is 10. The van der Waals surface area contributed by atoms with E-state index in [4.69, 9.17) is 10.5 Å². The summed E-state index contributed by atoms with van der Waals surface area (Å²) in [6.45, 7) is 16.7. The molecule has 6 nitrogen and oxygen atoms in total. The van der Waals surface area contributed by atoms with Gasteiger partial charge in [-0.15, -0.1) is 24.0 Å². The number of nitrogens with two attached hydrogens (primary N) is 1. The zero-order valence-corrected chi connectivity index (χ0v) is 17.4. The summed E-state index contributed by atoms with van der Waals surface area (Å²) in [7, 11) is 0. The maximum absolute atomic E-state index is 5.88. The van der Waals surface area contributed by atoms with Crippen LogP contribution in [0.5, 0.6) is 0 Å². The van der Waals surface area contributed by atoms with Crippen molar-refractivity contribution in [1.82, 2.24) is 15.1 Å². The number of likely N-dealkylation sites (N-methyl/N-ethyl adjacent to an activating group) is 1. The first-order chi connectivity index (χ1) is 10.7. The average molecular weight is 441 g/mol. The highest BCUT2D eigenvalue weighted by Gasteiger charge is 2.17. The van der Waals surface area contributed by atoms with E-state index < -0.39 is 0 Å². The van der Waals surface area contributed by atoms with Crippen LogP contribution < -0.4 is 11.1 Å². The number of aliphatic imine (C=N–C) groups is 1. The van der Waals surface area contributed by atoms with E-state index in [0.717, 1.165) is 39.3 Å². The molecule has 1 aliphatic heterocycles. The molecular formula is C16H36IN5O. The third-order valence-corrected chi connectivity index (χ3v) is 4.03. The number of guanidine groups is 1. The lowest BCUT2D eigenvalue weighted by molar-refractivity contribution is 0.125. The molecule has 1 unspecified atom stereocenters. The third kappa shape index (κ3) is 11.1. The molecule has 1 fully saturated rings. The molecule has 1 rings (SSSR count). The number of hydrogen-bond acceptors (Lipinski definition) is 4. The topological polar surface area (TPSA) is 66.1 Å². The summed E-state index contributed by atoms with van der Waals surface area (Å²) in [5, 5.41) is 3.14. The lowest BCUT2D eigenvalue weighted by atomic mass is 10.1. The van der Waals surface area contributed by atoms with Gasteiger partial charge in [-0.05, 0) is 25.8 Å². The zero-order chi connectivity index (χ0) is 16.2. The van der Waals surface area contributed by atoms with Gasteiger partial charge in [-0.1, -0.05) is 13.8 Å². The second kappa shape index (κ2) is 14.2. The van der Waals surface area contributed by atoms with Gasteiger partial charge in [0.25, 0.3) is 0 Å². The Labute approximate surface area is 159 Å². The quantitative estimate of drug-likeness (QED) is 0.231. The summed E-state index contributed by atoms with van der Waals surface area (Å²) in [6.07, 6.45) is 0.960. The molecular weight excluding hydrogens is 405 g/mol. The molecule has 0 bridgehead atoms. The van der Waals surface area contributed by atoms with Crippen LogP contribution in [0, 0.1) is 5.92 Å². The molecule has 0 amide bonds. The molecule has 1 atom stereocenters. The minimum atomic E-state index is 0. The molecule has 0 aromatic heterocycles. The lowest BCUT2D eigenvalue weighted by Gasteiger charge is -2.35. The second-order valence-corrected chi connectivity index (χ2v) is 6.04. The minimum Gasteiger partial charge on any atom is -0.382 e. The monoisotopic (exact) mass is 441 g/mol. The number of hydrogen-bond donors (Lipinski definition) is 2. The van der Waals surface area contributed by atoms with Crippen molar-refractivity contribution in [1.29, 1.82) is 0 Å². The fourth-order valence-electron chi connectivity index (χ4n) is 2.63. The predicted molar refractivity (Wildman–Crippen MR) is 109 cm³/mol. The SMILES string of the molecule is CCOCCCNC(N)=NCC(C)CN1CCN(CC)CC1.I. The summed E-state index contributed by atoms with van der Waals surface area (Å²) in [4.78, 5) is 9.49. The van der Waals surface area contributed by atoms with Gasteiger partial charge in [-0.25, -0.2) is 0 Å². The first-order valence-corrected chi connectivity index (χ1v) is 8.71. The van der Waals surface area contributed by atoms with E-state index in [1.165, 1.54) is 32.7 Å². The fraction of sp³-hybridized carbons (Fsp3) is 0.938. The summed E-state index contributed by atoms with van der Waals surface area (Å²) < 4.78 is 5.28. The standard InChI is InChI=1S/C16H35N5O.HI/c1-4-20-8-10-21(11-9-20)14-15(3)13-19-16(17)18-7-6-12-22-5-2;/h15H,4-14H2,1-3H3,(H3,17,18,19);1H. The average Bonchev–Trinajstić information content (AvgIpc) is 2.53. The van der Waals surface area contributed by atoms with Gasteiger partial charge >= 0.3 is 0 Å². The Morgan fingerprint density at radius 1 is 1.22 bits per heavy atom. The van der Waals surface area contributed by atoms with Gasteiger partial charge in [0.2, 0.25) is 0 Å². The first kappa shape index (κ1) is 22.9. The van der Waals surface area contributed by atoms with Crippen molar-refractivity contribution in [2.24, 2.45) is 16.6 Å². The van der Waals surface area contributed by atoms with E-state index in [2.05, 4.69) is 34.0 Å². The number of nitrogens with zero attached hydrogens (tertiary/aromatic N) is 3. The summed E-state index contributed by atoms with van der Waals surface area (Å²) in [5.41, 5.74) is 5.88. The summed E-state index contributed by atoms with van der Waals surface area (Å²) >= 11 is 0. The molecule has 1 aliphatic rings. The Morgan fingerprint density at radius 2 is 1.87 bits per heavy atom. The van der Waals surface area contributed by atoms with E-state index in [0.29, 0.717) is 11.9 Å². The van der Waals surface area contributed by atoms with Crippen molar-refractivity contribution in [2.45, 2.75) is 27.2 Å². The molecule has 138 valence electrons. The van der Waals surface area contributed by atoms with Crippen molar-refractivity contribution in [3.05, 3.63) is 0 Å². The largest absolute Gasteiger partial charge is 0.382 e. The third-order valence-electron chi connectivity index (χ3n) is 4.03. The minimum absolute atomic E-state index is 0. The van der Waals surface area contributed by atoms with Crippen LogP contribution in [0.25, 0.3) is 0 Å². The second-order valence-electron chi connectivity index (χ2n) is 6.04. The van der Waals surface area contributed by atoms with Crippen LogP contribution in [0.4, 0.5) is 0 Å². The van der Waals surface area contributed by atoms with Crippen LogP contribution >= 0.6 is 24.0 Å². The Balaban J connectivity index is 0.00000484. The maximum atomic E-state index is 5.88. The highest BCUT2D eigenvalue weighted by Crippen LogP contribution is 2.05. The van der Waals surface area contributed by atoms with Gasteiger partial charge in [-0.2, -0.15) is 0 Å². The zero-order valence-electron chi connectivity index (χ0n) is 15.1. The number of ether oxygens (including phenoxy) is 1. The molecule has 1 heterocycles. The molecule has 0 radical (unpaired) electrons. The number of piperazine rings is 1. The molecule has 0 spiro atoms. The summed E-state index contributed by atoms with van der Waals surface area (Å²) in [6, 6.07) is 0. The molecule has 0 aromatic carbocycles. The van der Waals surface area contributed by atoms with E-state index >= 15 is 0 Å². The first-order valence-electron chi connectivity index (χ1n) is 8.71. The van der Waals surface area contributed by atoms with Crippen LogP contribution in [0.15, 0.2) is 4.99 Å². The van der Waals surface area contributed by atoms with Crippen molar-refractivity contribution in [3.8, 4) is 0 Å². The van der Waals surface area contributed by atoms with Gasteiger partial charge < -0.3 is 25.6 Å². The van der Waals surface area contributed by atoms with Crippen LogP contribution in [0.2, 0.25) is 0 Å². The van der Waals surface area contributed by atoms with Crippen molar-refractivity contribution >= 4 is 29.9 Å². The molecule has 0 saturated carbocycles. The van der Waals surface area contributed by atoms with Gasteiger partial charge in [0.1, 0.15) is 0 Å². The Morgan fingerprint density at radius 3 is 2.48 bits per heavy atom. The van der Waals surface area contributed by atoms with E-state index in [1.807, 2.05) is 6.92 Å². The fourth-order valence-corrected chi connectivity index (χ4v) is 2.63. The number of nitrogens with one attached hydrogen (secondary N) is 1. The highest BCUT2D eigenvalue weighted by molar-refractivity contribution is 14.0. The Bertz CT molecular complexity index is 309. The van der Waals surface area contributed by atoms with Crippen molar-refractivity contribution in [3.63, 3.8) is 0 Å². The molecule has 23 heavy (non-hydrogen) atoms. The van der Waals surface area contributed by atoms with Gasteiger partial charge in [-0.3, -0.25) is 4.99 Å². The molecule has 0 aromatic rings. The van der Waals surface area contributed by atoms with Crippen molar-refractivity contribution < 1.29 is 4.74 Å². The molecule has 0 aliphatic carbocycles. The van der Waals surface area contributed by atoms with Gasteiger partial charge in [0, 0.05) is 59.0 Å². The molecule has 3 N–H and O–H groups in total. The molecule has 7 heteroatoms. The van der Waals surface area contributed by atoms with Crippen LogP contribution in [0.1, 0.15) is 27.2 Å². The Hall–Kier alpha value is -0.120. The van der Waals surface area contributed by atoms with E-state index in [-0.39, 0.29) is 24.0 Å². The summed E-state index contributed by atoms with van der Waals surface area (Å²) in [5.74, 6) is 1.09.